The summed E-state index contributed by atoms with van der Waals surface area (Å²) in [7, 11) is 0. The predicted molar refractivity (Wildman–Crippen MR) is 70.7 cm³/mol. The molecule has 1 fully saturated rings. The van der Waals surface area contributed by atoms with Crippen LogP contribution in [-0.2, 0) is 0 Å². The Bertz CT molecular complexity index is 414. The third kappa shape index (κ3) is 3.84. The number of nitrogens with zero attached hydrogens (tertiary/aromatic N) is 1. The Balaban J connectivity index is 1.80. The highest BCUT2D eigenvalue weighted by atomic mass is 19.1. The average molecular weight is 266 g/mol. The second-order valence-electron chi connectivity index (χ2n) is 4.59. The summed E-state index contributed by atoms with van der Waals surface area (Å²) in [6.45, 7) is 3.93. The molecule has 2 rings (SSSR count). The van der Waals surface area contributed by atoms with Crippen LogP contribution in [0.2, 0.25) is 0 Å². The van der Waals surface area contributed by atoms with Crippen molar-refractivity contribution < 1.29 is 13.9 Å². The molecule has 19 heavy (non-hydrogen) atoms. The van der Waals surface area contributed by atoms with Crippen LogP contribution in [0.4, 0.5) is 9.18 Å². The van der Waals surface area contributed by atoms with Crippen LogP contribution in [0.15, 0.2) is 24.3 Å². The fraction of sp³-hybridized carbons (Fsp3) is 0.500. The number of benzene rings is 1. The summed E-state index contributed by atoms with van der Waals surface area (Å²) in [5.41, 5.74) is 0. The molecular formula is C14H19FN2O2. The van der Waals surface area contributed by atoms with Gasteiger partial charge in [0, 0.05) is 32.5 Å². The maximum absolute atomic E-state index is 12.8. The van der Waals surface area contributed by atoms with Gasteiger partial charge in [0.15, 0.2) is 0 Å². The minimum atomic E-state index is -0.265. The van der Waals surface area contributed by atoms with Crippen molar-refractivity contribution in [1.29, 1.82) is 0 Å². The van der Waals surface area contributed by atoms with Gasteiger partial charge in [0.05, 0.1) is 0 Å². The minimum absolute atomic E-state index is 0.0114. The second-order valence-corrected chi connectivity index (χ2v) is 4.59. The fourth-order valence-electron chi connectivity index (χ4n) is 2.15. The molecule has 1 aliphatic rings. The summed E-state index contributed by atoms with van der Waals surface area (Å²) in [5, 5.41) is 2.79. The molecular weight excluding hydrogens is 247 g/mol. The highest BCUT2D eigenvalue weighted by Gasteiger charge is 2.23. The number of carbonyl (C=O) groups is 1. The van der Waals surface area contributed by atoms with Gasteiger partial charge in [-0.05, 0) is 31.2 Å². The molecule has 1 N–H and O–H groups in total. The Hall–Kier alpha value is -1.78. The van der Waals surface area contributed by atoms with Gasteiger partial charge in [-0.3, -0.25) is 0 Å². The van der Waals surface area contributed by atoms with Crippen LogP contribution in [0.3, 0.4) is 0 Å². The topological polar surface area (TPSA) is 41.6 Å². The second kappa shape index (κ2) is 6.41. The van der Waals surface area contributed by atoms with Crippen molar-refractivity contribution in [1.82, 2.24) is 10.2 Å². The molecule has 104 valence electrons. The molecule has 0 unspecified atom stereocenters. The molecule has 2 amide bonds. The lowest BCUT2D eigenvalue weighted by Crippen LogP contribution is -2.46. The number of carbonyl (C=O) groups excluding carboxylic acids is 1. The summed E-state index contributed by atoms with van der Waals surface area (Å²) < 4.78 is 18.5. The normalized spacial score (nSPS) is 16.2. The highest BCUT2D eigenvalue weighted by Crippen LogP contribution is 2.19. The van der Waals surface area contributed by atoms with Crippen molar-refractivity contribution in [2.24, 2.45) is 0 Å². The molecule has 4 nitrogen and oxygen atoms in total. The van der Waals surface area contributed by atoms with Gasteiger partial charge in [-0.2, -0.15) is 0 Å². The number of piperidine rings is 1. The number of halogens is 1. The van der Waals surface area contributed by atoms with Gasteiger partial charge < -0.3 is 15.0 Å². The van der Waals surface area contributed by atoms with E-state index < -0.39 is 0 Å². The highest BCUT2D eigenvalue weighted by molar-refractivity contribution is 5.74. The maximum atomic E-state index is 12.8. The summed E-state index contributed by atoms with van der Waals surface area (Å²) >= 11 is 0. The van der Waals surface area contributed by atoms with E-state index in [-0.39, 0.29) is 18.0 Å². The zero-order valence-electron chi connectivity index (χ0n) is 11.1. The third-order valence-corrected chi connectivity index (χ3v) is 3.17. The molecule has 1 heterocycles. The number of rotatable bonds is 3. The zero-order valence-corrected chi connectivity index (χ0v) is 11.1. The van der Waals surface area contributed by atoms with Gasteiger partial charge in [0.25, 0.3) is 0 Å². The van der Waals surface area contributed by atoms with Crippen LogP contribution < -0.4 is 10.1 Å². The van der Waals surface area contributed by atoms with Gasteiger partial charge in [0.2, 0.25) is 0 Å². The van der Waals surface area contributed by atoms with Crippen LogP contribution in [0, 0.1) is 5.82 Å². The molecule has 0 bridgehead atoms. The van der Waals surface area contributed by atoms with Crippen molar-refractivity contribution in [3.05, 3.63) is 30.1 Å². The SMILES string of the molecule is CCNC(=O)N1CCC(Oc2ccc(F)cc2)CC1. The van der Waals surface area contributed by atoms with E-state index in [0.717, 1.165) is 12.8 Å². The van der Waals surface area contributed by atoms with E-state index in [1.54, 1.807) is 17.0 Å². The number of urea groups is 1. The number of hydrogen-bond acceptors (Lipinski definition) is 2. The fourth-order valence-corrected chi connectivity index (χ4v) is 2.15. The van der Waals surface area contributed by atoms with Crippen molar-refractivity contribution in [2.75, 3.05) is 19.6 Å². The predicted octanol–water partition coefficient (Wildman–Crippen LogP) is 2.40. The average Bonchev–Trinajstić information content (AvgIpc) is 2.42. The van der Waals surface area contributed by atoms with E-state index >= 15 is 0 Å². The van der Waals surface area contributed by atoms with Crippen molar-refractivity contribution >= 4 is 6.03 Å². The van der Waals surface area contributed by atoms with Crippen LogP contribution >= 0.6 is 0 Å². The lowest BCUT2D eigenvalue weighted by atomic mass is 10.1. The molecule has 0 spiro atoms. The van der Waals surface area contributed by atoms with Gasteiger partial charge in [0.1, 0.15) is 17.7 Å². The first-order chi connectivity index (χ1) is 9.19. The first kappa shape index (κ1) is 13.6. The largest absolute Gasteiger partial charge is 0.490 e. The van der Waals surface area contributed by atoms with Gasteiger partial charge in [-0.1, -0.05) is 0 Å². The van der Waals surface area contributed by atoms with E-state index in [1.165, 1.54) is 12.1 Å². The van der Waals surface area contributed by atoms with Gasteiger partial charge >= 0.3 is 6.03 Å². The van der Waals surface area contributed by atoms with Gasteiger partial charge in [-0.15, -0.1) is 0 Å². The quantitative estimate of drug-likeness (QED) is 0.912. The van der Waals surface area contributed by atoms with E-state index in [4.69, 9.17) is 4.74 Å². The summed E-state index contributed by atoms with van der Waals surface area (Å²) in [5.74, 6) is 0.413. The Morgan fingerprint density at radius 3 is 2.58 bits per heavy atom. The number of likely N-dealkylation sites (tertiary alicyclic amines) is 1. The number of nitrogens with one attached hydrogen (secondary N) is 1. The summed E-state index contributed by atoms with van der Waals surface area (Å²) in [6, 6.07) is 6.03. The third-order valence-electron chi connectivity index (χ3n) is 3.17. The maximum Gasteiger partial charge on any atom is 0.317 e. The molecule has 1 aliphatic heterocycles. The molecule has 5 heteroatoms. The number of amides is 2. The van der Waals surface area contributed by atoms with Crippen LogP contribution in [-0.4, -0.2) is 36.7 Å². The Morgan fingerprint density at radius 2 is 2.00 bits per heavy atom. The standard InChI is InChI=1S/C14H19FN2O2/c1-2-16-14(18)17-9-7-13(8-10-17)19-12-5-3-11(15)4-6-12/h3-6,13H,2,7-10H2,1H3,(H,16,18). The zero-order chi connectivity index (χ0) is 13.7. The number of ether oxygens (including phenoxy) is 1. The van der Waals surface area contributed by atoms with Crippen molar-refractivity contribution in [3.63, 3.8) is 0 Å². The summed E-state index contributed by atoms with van der Waals surface area (Å²) in [4.78, 5) is 13.4. The first-order valence-electron chi connectivity index (χ1n) is 6.64. The minimum Gasteiger partial charge on any atom is -0.490 e. The molecule has 0 aromatic heterocycles. The van der Waals surface area contributed by atoms with Crippen LogP contribution in [0.1, 0.15) is 19.8 Å². The lowest BCUT2D eigenvalue weighted by Gasteiger charge is -2.32. The van der Waals surface area contributed by atoms with Gasteiger partial charge in [-0.25, -0.2) is 9.18 Å². The smallest absolute Gasteiger partial charge is 0.317 e. The Kier molecular flexibility index (Phi) is 4.60. The molecule has 1 saturated heterocycles. The lowest BCUT2D eigenvalue weighted by molar-refractivity contribution is 0.111. The number of hydrogen-bond donors (Lipinski definition) is 1. The molecule has 1 aromatic rings. The summed E-state index contributed by atoms with van der Waals surface area (Å²) in [6.07, 6.45) is 1.69. The monoisotopic (exact) mass is 266 g/mol. The first-order valence-corrected chi connectivity index (χ1v) is 6.64. The van der Waals surface area contributed by atoms with E-state index in [0.29, 0.717) is 25.4 Å². The molecule has 1 aromatic carbocycles. The van der Waals surface area contributed by atoms with Crippen LogP contribution in [0.5, 0.6) is 5.75 Å². The van der Waals surface area contributed by atoms with Crippen molar-refractivity contribution in [3.8, 4) is 5.75 Å². The van der Waals surface area contributed by atoms with E-state index in [9.17, 15) is 9.18 Å². The van der Waals surface area contributed by atoms with E-state index in [1.807, 2.05) is 6.92 Å². The van der Waals surface area contributed by atoms with Crippen molar-refractivity contribution in [2.45, 2.75) is 25.9 Å². The Labute approximate surface area is 112 Å². The molecule has 0 saturated carbocycles. The Morgan fingerprint density at radius 1 is 1.37 bits per heavy atom. The molecule has 0 aliphatic carbocycles. The van der Waals surface area contributed by atoms with Crippen LogP contribution in [0.25, 0.3) is 0 Å². The molecule has 0 radical (unpaired) electrons. The van der Waals surface area contributed by atoms with E-state index in [2.05, 4.69) is 5.32 Å². The molecule has 0 atom stereocenters.